The van der Waals surface area contributed by atoms with Gasteiger partial charge in [0.15, 0.2) is 6.10 Å². The molecule has 0 spiro atoms. The Morgan fingerprint density at radius 2 is 0.549 bits per heavy atom. The van der Waals surface area contributed by atoms with Gasteiger partial charge in [0.1, 0.15) is 13.2 Å². The molecule has 71 heavy (non-hydrogen) atoms. The highest BCUT2D eigenvalue weighted by molar-refractivity contribution is 5.71. The third kappa shape index (κ3) is 57.9. The number of ether oxygens (including phenoxy) is 3. The van der Waals surface area contributed by atoms with E-state index >= 15 is 0 Å². The summed E-state index contributed by atoms with van der Waals surface area (Å²) in [5.74, 6) is -0.920. The third-order valence-corrected chi connectivity index (χ3v) is 13.5. The van der Waals surface area contributed by atoms with E-state index < -0.39 is 6.10 Å². The first-order valence-corrected chi connectivity index (χ1v) is 30.8. The zero-order chi connectivity index (χ0) is 51.4. The second-order valence-corrected chi connectivity index (χ2v) is 20.6. The number of carbonyl (C=O) groups excluding carboxylic acids is 3. The minimum absolute atomic E-state index is 0.0877. The molecule has 0 saturated heterocycles. The Labute approximate surface area is 440 Å². The van der Waals surface area contributed by atoms with E-state index in [2.05, 4.69) is 81.5 Å². The fourth-order valence-corrected chi connectivity index (χ4v) is 8.90. The number of unbranched alkanes of at least 4 members (excludes halogenated alkanes) is 35. The van der Waals surface area contributed by atoms with Crippen molar-refractivity contribution in [3.8, 4) is 0 Å². The zero-order valence-electron chi connectivity index (χ0n) is 47.2. The van der Waals surface area contributed by atoms with Gasteiger partial charge in [0.05, 0.1) is 0 Å². The quantitative estimate of drug-likeness (QED) is 0.0261. The van der Waals surface area contributed by atoms with Crippen molar-refractivity contribution in [3.63, 3.8) is 0 Å². The van der Waals surface area contributed by atoms with Gasteiger partial charge in [0.25, 0.3) is 0 Å². The van der Waals surface area contributed by atoms with Crippen LogP contribution >= 0.6 is 0 Å². The first-order chi connectivity index (χ1) is 35.0. The molecule has 1 atom stereocenters. The van der Waals surface area contributed by atoms with E-state index in [1.54, 1.807) is 0 Å². The van der Waals surface area contributed by atoms with Crippen LogP contribution in [0.2, 0.25) is 0 Å². The number of rotatable bonds is 56. The molecule has 0 radical (unpaired) electrons. The molecule has 0 bridgehead atoms. The summed E-state index contributed by atoms with van der Waals surface area (Å²) < 4.78 is 16.8. The fourth-order valence-electron chi connectivity index (χ4n) is 8.90. The first kappa shape index (κ1) is 68.1. The van der Waals surface area contributed by atoms with Gasteiger partial charge >= 0.3 is 17.9 Å². The normalized spacial score (nSPS) is 12.4. The third-order valence-electron chi connectivity index (χ3n) is 13.5. The van der Waals surface area contributed by atoms with Crippen LogP contribution in [0.5, 0.6) is 0 Å². The van der Waals surface area contributed by atoms with Gasteiger partial charge in [-0.3, -0.25) is 14.4 Å². The predicted octanol–water partition coefficient (Wildman–Crippen LogP) is 20.8. The van der Waals surface area contributed by atoms with E-state index in [9.17, 15) is 14.4 Å². The van der Waals surface area contributed by atoms with Crippen LogP contribution in [0, 0.1) is 0 Å². The Hall–Kier alpha value is -2.89. The maximum atomic E-state index is 12.8. The Morgan fingerprint density at radius 3 is 0.901 bits per heavy atom. The van der Waals surface area contributed by atoms with Gasteiger partial charge in [-0.05, 0) is 83.5 Å². The molecule has 0 aromatic carbocycles. The van der Waals surface area contributed by atoms with Crippen molar-refractivity contribution in [2.45, 2.75) is 322 Å². The van der Waals surface area contributed by atoms with Gasteiger partial charge in [-0.15, -0.1) is 0 Å². The van der Waals surface area contributed by atoms with Gasteiger partial charge in [-0.2, -0.15) is 0 Å². The van der Waals surface area contributed by atoms with Crippen molar-refractivity contribution in [1.82, 2.24) is 0 Å². The van der Waals surface area contributed by atoms with Crippen LogP contribution in [-0.4, -0.2) is 37.2 Å². The molecular formula is C65H116O6. The van der Waals surface area contributed by atoms with Crippen molar-refractivity contribution in [1.29, 1.82) is 0 Å². The van der Waals surface area contributed by atoms with Crippen LogP contribution in [0.1, 0.15) is 316 Å². The lowest BCUT2D eigenvalue weighted by Crippen LogP contribution is -2.30. The van der Waals surface area contributed by atoms with Crippen LogP contribution in [0.15, 0.2) is 60.8 Å². The molecule has 6 heteroatoms. The molecule has 0 N–H and O–H groups in total. The largest absolute Gasteiger partial charge is 0.462 e. The summed E-state index contributed by atoms with van der Waals surface area (Å²) >= 11 is 0. The zero-order valence-corrected chi connectivity index (χ0v) is 47.2. The molecule has 412 valence electrons. The van der Waals surface area contributed by atoms with Crippen molar-refractivity contribution in [2.24, 2.45) is 0 Å². The topological polar surface area (TPSA) is 78.9 Å². The fraction of sp³-hybridized carbons (Fsp3) is 0.800. The van der Waals surface area contributed by atoms with Crippen molar-refractivity contribution < 1.29 is 28.6 Å². The van der Waals surface area contributed by atoms with E-state index in [0.717, 1.165) is 77.0 Å². The summed E-state index contributed by atoms with van der Waals surface area (Å²) in [5, 5.41) is 0. The first-order valence-electron chi connectivity index (χ1n) is 30.8. The molecule has 0 saturated carbocycles. The lowest BCUT2D eigenvalue weighted by Gasteiger charge is -2.18. The van der Waals surface area contributed by atoms with Crippen LogP contribution in [0.3, 0.4) is 0 Å². The Bertz CT molecular complexity index is 1280. The van der Waals surface area contributed by atoms with Crippen LogP contribution in [0.4, 0.5) is 0 Å². The van der Waals surface area contributed by atoms with Crippen LogP contribution < -0.4 is 0 Å². The Morgan fingerprint density at radius 1 is 0.296 bits per heavy atom. The van der Waals surface area contributed by atoms with Gasteiger partial charge in [0.2, 0.25) is 0 Å². The molecule has 0 aliphatic rings. The smallest absolute Gasteiger partial charge is 0.306 e. The van der Waals surface area contributed by atoms with Gasteiger partial charge in [0, 0.05) is 19.3 Å². The maximum Gasteiger partial charge on any atom is 0.306 e. The van der Waals surface area contributed by atoms with E-state index in [-0.39, 0.29) is 37.5 Å². The van der Waals surface area contributed by atoms with Crippen molar-refractivity contribution in [3.05, 3.63) is 60.8 Å². The van der Waals surface area contributed by atoms with Gasteiger partial charge < -0.3 is 14.2 Å². The minimum Gasteiger partial charge on any atom is -0.462 e. The molecule has 0 heterocycles. The molecule has 0 aliphatic carbocycles. The summed E-state index contributed by atoms with van der Waals surface area (Å²) in [6.07, 6.45) is 75.4. The second kappa shape index (κ2) is 59.7. The number of esters is 3. The summed E-state index contributed by atoms with van der Waals surface area (Å²) in [4.78, 5) is 38.0. The highest BCUT2D eigenvalue weighted by atomic mass is 16.6. The Kier molecular flexibility index (Phi) is 57.2. The van der Waals surface area contributed by atoms with Gasteiger partial charge in [-0.1, -0.05) is 274 Å². The average molecular weight is 994 g/mol. The summed E-state index contributed by atoms with van der Waals surface area (Å²) in [6, 6.07) is 0. The molecule has 0 rings (SSSR count). The molecule has 6 nitrogen and oxygen atoms in total. The average Bonchev–Trinajstić information content (AvgIpc) is 3.37. The molecule has 0 fully saturated rings. The van der Waals surface area contributed by atoms with Gasteiger partial charge in [-0.25, -0.2) is 0 Å². The lowest BCUT2D eigenvalue weighted by molar-refractivity contribution is -0.167. The SMILES string of the molecule is CC/C=C\C/C=C\C/C=C\C/C=C\CCCCC(=O)OC(COC(=O)CCCCCCCCCCC)COC(=O)CCCCCCCCCCCCCCCCCCC/C=C\CCCCCCCCCC. The number of hydrogen-bond donors (Lipinski definition) is 0. The number of allylic oxidation sites excluding steroid dienone is 10. The van der Waals surface area contributed by atoms with E-state index in [0.29, 0.717) is 19.3 Å². The standard InChI is InChI=1S/C65H116O6/c1-4-7-10-13-16-19-21-23-25-26-27-28-29-30-31-32-33-34-35-36-37-38-40-41-43-46-49-52-55-58-64(67)70-61-62(60-69-63(66)57-54-51-48-45-18-15-12-9-6-3)71-65(68)59-56-53-50-47-44-42-39-24-22-20-17-14-11-8-5-2/h8,11,17,20,24,26-27,39,44,47,62H,4-7,9-10,12-16,18-19,21-23,25,28-38,40-43,45-46,48-61H2,1-3H3/b11-8-,20-17-,27-26-,39-24-,47-44-. The van der Waals surface area contributed by atoms with Crippen LogP contribution in [0.25, 0.3) is 0 Å². The number of carbonyl (C=O) groups is 3. The summed E-state index contributed by atoms with van der Waals surface area (Å²) in [6.45, 7) is 6.50. The number of hydrogen-bond acceptors (Lipinski definition) is 6. The van der Waals surface area contributed by atoms with E-state index in [1.165, 1.54) is 193 Å². The molecule has 0 aromatic rings. The molecule has 0 amide bonds. The summed E-state index contributed by atoms with van der Waals surface area (Å²) in [7, 11) is 0. The second-order valence-electron chi connectivity index (χ2n) is 20.6. The highest BCUT2D eigenvalue weighted by Crippen LogP contribution is 2.17. The molecule has 0 aromatic heterocycles. The maximum absolute atomic E-state index is 12.8. The monoisotopic (exact) mass is 993 g/mol. The molecule has 1 unspecified atom stereocenters. The van der Waals surface area contributed by atoms with E-state index in [4.69, 9.17) is 14.2 Å². The Balaban J connectivity index is 4.12. The molecule has 0 aliphatic heterocycles. The molecular weight excluding hydrogens is 877 g/mol. The predicted molar refractivity (Wildman–Crippen MR) is 307 cm³/mol. The van der Waals surface area contributed by atoms with Crippen LogP contribution in [-0.2, 0) is 28.6 Å². The van der Waals surface area contributed by atoms with Crippen molar-refractivity contribution in [2.75, 3.05) is 13.2 Å². The van der Waals surface area contributed by atoms with E-state index in [1.807, 2.05) is 0 Å². The lowest BCUT2D eigenvalue weighted by atomic mass is 10.0. The minimum atomic E-state index is -0.792. The summed E-state index contributed by atoms with van der Waals surface area (Å²) in [5.41, 5.74) is 0. The van der Waals surface area contributed by atoms with Crippen molar-refractivity contribution >= 4 is 17.9 Å². The highest BCUT2D eigenvalue weighted by Gasteiger charge is 2.19.